The molecule has 1 amide bonds. The van der Waals surface area contributed by atoms with Crippen LogP contribution in [0.15, 0.2) is 29.0 Å². The molecule has 1 N–H and O–H groups in total. The number of amides is 1. The normalized spacial score (nSPS) is 10.2. The van der Waals surface area contributed by atoms with Gasteiger partial charge in [-0.05, 0) is 40.5 Å². The lowest BCUT2D eigenvalue weighted by Crippen LogP contribution is -2.16. The molecule has 0 atom stereocenters. The molecule has 0 saturated heterocycles. The predicted molar refractivity (Wildman–Crippen MR) is 80.5 cm³/mol. The molecule has 2 rings (SSSR count). The van der Waals surface area contributed by atoms with Crippen molar-refractivity contribution in [3.63, 3.8) is 0 Å². The summed E-state index contributed by atoms with van der Waals surface area (Å²) in [5.41, 5.74) is -0.00363. The van der Waals surface area contributed by atoms with Gasteiger partial charge in [0.25, 0.3) is 5.91 Å². The van der Waals surface area contributed by atoms with Crippen molar-refractivity contribution >= 4 is 44.9 Å². The second-order valence-corrected chi connectivity index (χ2v) is 5.30. The Bertz CT molecular complexity index is 738. The number of anilines is 1. The Labute approximate surface area is 132 Å². The third-order valence-corrected chi connectivity index (χ3v) is 3.29. The van der Waals surface area contributed by atoms with Crippen LogP contribution in [0.4, 0.5) is 11.5 Å². The molecular formula is C12H8BrClN4O3. The van der Waals surface area contributed by atoms with Gasteiger partial charge in [-0.15, -0.1) is 0 Å². The molecule has 2 heterocycles. The summed E-state index contributed by atoms with van der Waals surface area (Å²) in [5, 5.41) is 13.2. The maximum Gasteiger partial charge on any atom is 0.319 e. The van der Waals surface area contributed by atoms with Crippen LogP contribution in [0.2, 0.25) is 5.15 Å². The molecule has 108 valence electrons. The quantitative estimate of drug-likeness (QED) is 0.507. The fraction of sp³-hybridized carbons (Fsp3) is 0.0833. The van der Waals surface area contributed by atoms with Crippen molar-refractivity contribution in [3.05, 3.63) is 55.4 Å². The minimum absolute atomic E-state index is 0.177. The highest BCUT2D eigenvalue weighted by molar-refractivity contribution is 9.10. The molecule has 0 fully saturated rings. The van der Waals surface area contributed by atoms with Crippen molar-refractivity contribution < 1.29 is 9.72 Å². The third kappa shape index (κ3) is 3.34. The summed E-state index contributed by atoms with van der Waals surface area (Å²) in [6.45, 7) is 1.75. The van der Waals surface area contributed by atoms with E-state index in [9.17, 15) is 14.9 Å². The molecule has 0 saturated carbocycles. The zero-order valence-electron chi connectivity index (χ0n) is 10.6. The number of nitrogens with zero attached hydrogens (tertiary/aromatic N) is 3. The van der Waals surface area contributed by atoms with Crippen LogP contribution in [0, 0.1) is 17.0 Å². The van der Waals surface area contributed by atoms with Crippen LogP contribution in [-0.4, -0.2) is 20.8 Å². The van der Waals surface area contributed by atoms with Gasteiger partial charge >= 0.3 is 5.69 Å². The van der Waals surface area contributed by atoms with Gasteiger partial charge in [0.05, 0.1) is 4.92 Å². The molecule has 2 aromatic heterocycles. The van der Waals surface area contributed by atoms with E-state index in [4.69, 9.17) is 11.6 Å². The number of nitro groups is 1. The van der Waals surface area contributed by atoms with E-state index in [-0.39, 0.29) is 10.7 Å². The van der Waals surface area contributed by atoms with Gasteiger partial charge in [0.15, 0.2) is 0 Å². The molecule has 7 nitrogen and oxygen atoms in total. The van der Waals surface area contributed by atoms with Crippen LogP contribution in [0.1, 0.15) is 15.9 Å². The Morgan fingerprint density at radius 2 is 2.19 bits per heavy atom. The number of carbonyl (C=O) groups excluding carboxylic acids is 1. The Hall–Kier alpha value is -2.06. The van der Waals surface area contributed by atoms with Crippen molar-refractivity contribution in [2.45, 2.75) is 6.92 Å². The minimum atomic E-state index is -0.744. The summed E-state index contributed by atoms with van der Waals surface area (Å²) in [5.74, 6) is -0.366. The van der Waals surface area contributed by atoms with Gasteiger partial charge in [-0.3, -0.25) is 14.9 Å². The van der Waals surface area contributed by atoms with Crippen molar-refractivity contribution in [2.75, 3.05) is 5.32 Å². The zero-order chi connectivity index (χ0) is 15.6. The molecule has 0 aliphatic rings. The fourth-order valence-corrected chi connectivity index (χ4v) is 2.30. The average molecular weight is 372 g/mol. The lowest BCUT2D eigenvalue weighted by atomic mass is 10.2. The lowest BCUT2D eigenvalue weighted by Gasteiger charge is -2.08. The summed E-state index contributed by atoms with van der Waals surface area (Å²) < 4.78 is 0.760. The van der Waals surface area contributed by atoms with Crippen LogP contribution < -0.4 is 5.32 Å². The van der Waals surface area contributed by atoms with Gasteiger partial charge in [0.2, 0.25) is 5.15 Å². The van der Waals surface area contributed by atoms with Crippen molar-refractivity contribution in [2.24, 2.45) is 0 Å². The Kier molecular flexibility index (Phi) is 4.49. The molecule has 0 aliphatic heterocycles. The van der Waals surface area contributed by atoms with Gasteiger partial charge in [-0.1, -0.05) is 11.6 Å². The summed E-state index contributed by atoms with van der Waals surface area (Å²) in [4.78, 5) is 30.1. The number of halogens is 2. The highest BCUT2D eigenvalue weighted by Gasteiger charge is 2.25. The third-order valence-electron chi connectivity index (χ3n) is 2.58. The molecule has 0 unspecified atom stereocenters. The summed E-state index contributed by atoms with van der Waals surface area (Å²) in [6.07, 6.45) is 2.74. The highest BCUT2D eigenvalue weighted by atomic mass is 79.9. The van der Waals surface area contributed by atoms with Gasteiger partial charge in [-0.2, -0.15) is 0 Å². The molecule has 9 heteroatoms. The largest absolute Gasteiger partial charge is 0.319 e. The second-order valence-electron chi connectivity index (χ2n) is 4.03. The second kappa shape index (κ2) is 6.15. The Morgan fingerprint density at radius 3 is 2.81 bits per heavy atom. The lowest BCUT2D eigenvalue weighted by molar-refractivity contribution is -0.385. The van der Waals surface area contributed by atoms with Crippen molar-refractivity contribution in [1.29, 1.82) is 0 Å². The molecule has 0 aliphatic carbocycles. The first-order chi connectivity index (χ1) is 9.90. The van der Waals surface area contributed by atoms with Crippen LogP contribution in [0.3, 0.4) is 0 Å². The standard InChI is InChI=1S/C12H8BrClN4O3/c1-6-4-7(13)5-16-11(6)17-12(19)8-2-3-15-10(14)9(8)18(20)21/h2-5H,1H3,(H,16,17,19). The summed E-state index contributed by atoms with van der Waals surface area (Å²) >= 11 is 8.93. The maximum atomic E-state index is 12.2. The molecule has 2 aromatic rings. The number of pyridine rings is 2. The van der Waals surface area contributed by atoms with Gasteiger partial charge < -0.3 is 5.32 Å². The first-order valence-corrected chi connectivity index (χ1v) is 6.79. The van der Waals surface area contributed by atoms with E-state index < -0.39 is 16.5 Å². The highest BCUT2D eigenvalue weighted by Crippen LogP contribution is 2.27. The molecule has 0 aromatic carbocycles. The number of carbonyl (C=O) groups is 1. The van der Waals surface area contributed by atoms with E-state index in [1.807, 2.05) is 0 Å². The Morgan fingerprint density at radius 1 is 1.48 bits per heavy atom. The van der Waals surface area contributed by atoms with Gasteiger partial charge in [0.1, 0.15) is 11.4 Å². The molecule has 0 radical (unpaired) electrons. The smallest absolute Gasteiger partial charge is 0.306 e. The summed E-state index contributed by atoms with van der Waals surface area (Å²) in [6, 6.07) is 2.99. The minimum Gasteiger partial charge on any atom is -0.306 e. The number of hydrogen-bond donors (Lipinski definition) is 1. The fourth-order valence-electron chi connectivity index (χ4n) is 1.63. The van der Waals surface area contributed by atoms with E-state index in [0.29, 0.717) is 11.4 Å². The molecular weight excluding hydrogens is 364 g/mol. The average Bonchev–Trinajstić information content (AvgIpc) is 2.41. The van der Waals surface area contributed by atoms with Crippen LogP contribution in [-0.2, 0) is 0 Å². The predicted octanol–water partition coefficient (Wildman–Crippen LogP) is 3.36. The number of nitrogens with one attached hydrogen (secondary N) is 1. The van der Waals surface area contributed by atoms with E-state index in [0.717, 1.165) is 4.47 Å². The number of aromatic nitrogens is 2. The van der Waals surface area contributed by atoms with E-state index >= 15 is 0 Å². The maximum absolute atomic E-state index is 12.2. The topological polar surface area (TPSA) is 98.0 Å². The van der Waals surface area contributed by atoms with Gasteiger partial charge in [0, 0.05) is 16.9 Å². The monoisotopic (exact) mass is 370 g/mol. The van der Waals surface area contributed by atoms with E-state index in [1.54, 1.807) is 13.0 Å². The zero-order valence-corrected chi connectivity index (χ0v) is 13.0. The van der Waals surface area contributed by atoms with Crippen LogP contribution in [0.5, 0.6) is 0 Å². The van der Waals surface area contributed by atoms with Crippen molar-refractivity contribution in [3.8, 4) is 0 Å². The number of rotatable bonds is 3. The molecule has 0 bridgehead atoms. The summed E-state index contributed by atoms with van der Waals surface area (Å²) in [7, 11) is 0. The van der Waals surface area contributed by atoms with Gasteiger partial charge in [-0.25, -0.2) is 9.97 Å². The molecule has 21 heavy (non-hydrogen) atoms. The first-order valence-electron chi connectivity index (χ1n) is 5.62. The van der Waals surface area contributed by atoms with E-state index in [1.165, 1.54) is 18.5 Å². The Balaban J connectivity index is 2.37. The SMILES string of the molecule is Cc1cc(Br)cnc1NC(=O)c1ccnc(Cl)c1[N+](=O)[O-]. The van der Waals surface area contributed by atoms with E-state index in [2.05, 4.69) is 31.2 Å². The van der Waals surface area contributed by atoms with Crippen molar-refractivity contribution in [1.82, 2.24) is 9.97 Å². The molecule has 0 spiro atoms. The number of aryl methyl sites for hydroxylation is 1. The number of hydrogen-bond acceptors (Lipinski definition) is 5. The first kappa shape index (κ1) is 15.3. The van der Waals surface area contributed by atoms with Crippen LogP contribution >= 0.6 is 27.5 Å². The van der Waals surface area contributed by atoms with Crippen LogP contribution in [0.25, 0.3) is 0 Å².